The predicted octanol–water partition coefficient (Wildman–Crippen LogP) is 15.7. The summed E-state index contributed by atoms with van der Waals surface area (Å²) >= 11 is 0. The Morgan fingerprint density at radius 3 is 0.818 bits per heavy atom. The second-order valence-corrected chi connectivity index (χ2v) is 27.9. The first kappa shape index (κ1) is 39.3. The summed E-state index contributed by atoms with van der Waals surface area (Å²) < 4.78 is 0. The van der Waals surface area contributed by atoms with Crippen molar-refractivity contribution in [2.45, 2.75) is 176 Å². The molecule has 0 spiro atoms. The molecule has 0 unspecified atom stereocenters. The van der Waals surface area contributed by atoms with Crippen molar-refractivity contribution in [2.24, 2.45) is 71.0 Å². The van der Waals surface area contributed by atoms with Gasteiger partial charge in [0.1, 0.15) is 0 Å². The second-order valence-electron chi connectivity index (χ2n) is 27.9. The van der Waals surface area contributed by atoms with Gasteiger partial charge in [0.05, 0.1) is 11.4 Å². The van der Waals surface area contributed by atoms with Crippen molar-refractivity contribution in [1.82, 2.24) is 0 Å². The molecule has 16 aliphatic carbocycles. The van der Waals surface area contributed by atoms with Crippen LogP contribution in [0.2, 0.25) is 0 Å². The average molecular weight is 873 g/mol. The number of anilines is 2. The van der Waals surface area contributed by atoms with Gasteiger partial charge in [-0.3, -0.25) is 0 Å². The highest BCUT2D eigenvalue weighted by Crippen LogP contribution is 2.67. The van der Waals surface area contributed by atoms with Crippen molar-refractivity contribution in [2.75, 3.05) is 11.5 Å². The maximum atomic E-state index is 7.31. The van der Waals surface area contributed by atoms with Crippen LogP contribution in [0.5, 0.6) is 0 Å². The van der Waals surface area contributed by atoms with E-state index in [1.54, 1.807) is 22.3 Å². The third-order valence-electron chi connectivity index (χ3n) is 23.6. The highest BCUT2D eigenvalue weighted by atomic mass is 14.7. The van der Waals surface area contributed by atoms with Gasteiger partial charge in [-0.2, -0.15) is 0 Å². The fourth-order valence-electron chi connectivity index (χ4n) is 22.8. The van der Waals surface area contributed by atoms with E-state index in [9.17, 15) is 0 Å². The zero-order valence-corrected chi connectivity index (χ0v) is 40.0. The third kappa shape index (κ3) is 5.78. The van der Waals surface area contributed by atoms with E-state index in [0.717, 1.165) is 82.3 Å². The molecule has 0 atom stereocenters. The SMILES string of the molecule is Nc1cccc(-c2c(-c3cc(C45CC6CC(CC(C6)C4)C5)cc(C45CC6CC(CC(C6)C4)C5)c3)cccc2-c2cc(C34CC5CC(CC(C5)C3)C4)cc(C34CC5CC(CC(C5)C3)C4)c2)c1N. The molecule has 0 heterocycles. The zero-order valence-electron chi connectivity index (χ0n) is 40.0. The van der Waals surface area contributed by atoms with Gasteiger partial charge >= 0.3 is 0 Å². The van der Waals surface area contributed by atoms with Gasteiger partial charge in [0, 0.05) is 5.56 Å². The maximum absolute atomic E-state index is 7.31. The van der Waals surface area contributed by atoms with Crippen molar-refractivity contribution < 1.29 is 0 Å². The molecule has 4 N–H and O–H groups in total. The molecular weight excluding hydrogens is 797 g/mol. The van der Waals surface area contributed by atoms with Gasteiger partial charge < -0.3 is 11.5 Å². The van der Waals surface area contributed by atoms with E-state index in [1.807, 2.05) is 6.07 Å². The molecule has 0 aromatic heterocycles. The van der Waals surface area contributed by atoms with E-state index < -0.39 is 0 Å². The molecule has 4 aromatic carbocycles. The van der Waals surface area contributed by atoms with E-state index in [1.165, 1.54) is 182 Å². The quantitative estimate of drug-likeness (QED) is 0.182. The van der Waals surface area contributed by atoms with Gasteiger partial charge in [0.15, 0.2) is 0 Å². The molecule has 16 aliphatic rings. The Bertz CT molecular complexity index is 2260. The van der Waals surface area contributed by atoms with Gasteiger partial charge in [-0.1, -0.05) is 66.7 Å². The second kappa shape index (κ2) is 13.6. The summed E-state index contributed by atoms with van der Waals surface area (Å²) in [5.74, 6) is 11.1. The van der Waals surface area contributed by atoms with Crippen molar-refractivity contribution in [1.29, 1.82) is 0 Å². The monoisotopic (exact) mass is 873 g/mol. The lowest BCUT2D eigenvalue weighted by Gasteiger charge is -2.58. The molecule has 16 fully saturated rings. The van der Waals surface area contributed by atoms with E-state index in [4.69, 9.17) is 11.5 Å². The van der Waals surface area contributed by atoms with Crippen LogP contribution in [0, 0.1) is 71.0 Å². The van der Waals surface area contributed by atoms with E-state index >= 15 is 0 Å². The summed E-state index contributed by atoms with van der Waals surface area (Å²) in [6, 6.07) is 30.8. The molecule has 20 rings (SSSR count). The number of hydrogen-bond acceptors (Lipinski definition) is 2. The first-order valence-electron chi connectivity index (χ1n) is 28.2. The Balaban J connectivity index is 0.923. The highest BCUT2D eigenvalue weighted by Gasteiger charge is 2.57. The Hall–Kier alpha value is -3.52. The van der Waals surface area contributed by atoms with Crippen LogP contribution >= 0.6 is 0 Å². The average Bonchev–Trinajstić information content (AvgIpc) is 3.28. The van der Waals surface area contributed by atoms with Crippen molar-refractivity contribution in [3.8, 4) is 33.4 Å². The van der Waals surface area contributed by atoms with Crippen LogP contribution in [0.15, 0.2) is 72.8 Å². The van der Waals surface area contributed by atoms with Gasteiger partial charge in [-0.15, -0.1) is 0 Å². The van der Waals surface area contributed by atoms with Crippen LogP contribution in [0.1, 0.15) is 176 Å². The lowest BCUT2D eigenvalue weighted by molar-refractivity contribution is -0.00856. The smallest absolute Gasteiger partial charge is 0.0627 e. The fourth-order valence-corrected chi connectivity index (χ4v) is 22.8. The van der Waals surface area contributed by atoms with Crippen LogP contribution in [-0.2, 0) is 21.7 Å². The summed E-state index contributed by atoms with van der Waals surface area (Å²) in [4.78, 5) is 0. The standard InChI is InChI=1S/C64H76N2/c65-58-6-2-5-57(60(58)66)59-55(49-19-51(61-25-37-7-38(26-61)9-39(8-37)27-61)23-52(20-49)62-28-40-10-41(29-62)12-42(11-40)30-62)3-1-4-56(59)50-21-53(63-31-43-13-44(32-63)15-45(14-43)33-63)24-54(22-50)64-34-46-16-47(35-64)18-48(17-46)36-64/h1-6,19-24,37-48H,7-18,25-36,65-66H2. The van der Waals surface area contributed by atoms with Gasteiger partial charge in [0.25, 0.3) is 0 Å². The Morgan fingerprint density at radius 2 is 0.545 bits per heavy atom. The van der Waals surface area contributed by atoms with Crippen molar-refractivity contribution in [3.63, 3.8) is 0 Å². The summed E-state index contributed by atoms with van der Waals surface area (Å²) in [6.07, 6.45) is 35.0. The summed E-state index contributed by atoms with van der Waals surface area (Å²) in [5, 5.41) is 0. The van der Waals surface area contributed by atoms with E-state index in [2.05, 4.69) is 66.7 Å². The van der Waals surface area contributed by atoms with E-state index in [0.29, 0.717) is 27.3 Å². The zero-order chi connectivity index (χ0) is 43.3. The Morgan fingerprint density at radius 1 is 0.303 bits per heavy atom. The number of rotatable bonds is 7. The predicted molar refractivity (Wildman–Crippen MR) is 271 cm³/mol. The van der Waals surface area contributed by atoms with Gasteiger partial charge in [-0.25, -0.2) is 0 Å². The van der Waals surface area contributed by atoms with E-state index in [-0.39, 0.29) is 0 Å². The minimum atomic E-state index is 0.342. The number of para-hydroxylation sites is 1. The van der Waals surface area contributed by atoms with Crippen LogP contribution in [0.4, 0.5) is 11.4 Å². The minimum Gasteiger partial charge on any atom is -0.397 e. The molecule has 2 heteroatoms. The number of hydrogen-bond donors (Lipinski definition) is 2. The molecular formula is C64H76N2. The number of nitrogens with two attached hydrogens (primary N) is 2. The molecule has 342 valence electrons. The normalized spacial score (nSPS) is 44.8. The Kier molecular flexibility index (Phi) is 8.12. The van der Waals surface area contributed by atoms with Crippen LogP contribution < -0.4 is 11.5 Å². The van der Waals surface area contributed by atoms with Gasteiger partial charge in [-0.05, 0) is 303 Å². The molecule has 0 saturated heterocycles. The van der Waals surface area contributed by atoms with Crippen LogP contribution in [-0.4, -0.2) is 0 Å². The molecule has 16 saturated carbocycles. The van der Waals surface area contributed by atoms with Gasteiger partial charge in [0.2, 0.25) is 0 Å². The van der Waals surface area contributed by atoms with Crippen LogP contribution in [0.3, 0.4) is 0 Å². The third-order valence-corrected chi connectivity index (χ3v) is 23.6. The molecule has 0 aliphatic heterocycles. The topological polar surface area (TPSA) is 52.0 Å². The maximum Gasteiger partial charge on any atom is 0.0627 e. The fraction of sp³-hybridized carbons (Fsp3) is 0.625. The van der Waals surface area contributed by atoms with Crippen molar-refractivity contribution >= 4 is 11.4 Å². The molecule has 4 aromatic rings. The number of benzene rings is 4. The lowest BCUT2D eigenvalue weighted by Crippen LogP contribution is -2.50. The van der Waals surface area contributed by atoms with Crippen LogP contribution in [0.25, 0.3) is 33.4 Å². The first-order valence-corrected chi connectivity index (χ1v) is 28.2. The molecule has 2 nitrogen and oxygen atoms in total. The number of nitrogen functional groups attached to an aromatic ring is 2. The molecule has 0 amide bonds. The Labute approximate surface area is 396 Å². The lowest BCUT2D eigenvalue weighted by atomic mass is 9.46. The minimum absolute atomic E-state index is 0.342. The van der Waals surface area contributed by atoms with Crippen molar-refractivity contribution in [3.05, 3.63) is 95.1 Å². The summed E-state index contributed by atoms with van der Waals surface area (Å²) in [7, 11) is 0. The molecule has 16 bridgehead atoms. The first-order chi connectivity index (χ1) is 32.1. The highest BCUT2D eigenvalue weighted by molar-refractivity contribution is 6.00. The molecule has 0 radical (unpaired) electrons. The molecule has 66 heavy (non-hydrogen) atoms. The largest absolute Gasteiger partial charge is 0.397 e. The summed E-state index contributed by atoms with van der Waals surface area (Å²) in [5.41, 5.74) is 32.1. The summed E-state index contributed by atoms with van der Waals surface area (Å²) in [6.45, 7) is 0.